The fourth-order valence-corrected chi connectivity index (χ4v) is 1.68. The molecular formula is C14H14N2O3S. The van der Waals surface area contributed by atoms with E-state index >= 15 is 0 Å². The molecule has 0 saturated carbocycles. The first kappa shape index (κ1) is 14.1. The molecule has 0 aliphatic carbocycles. The van der Waals surface area contributed by atoms with Crippen molar-refractivity contribution in [3.63, 3.8) is 0 Å². The highest BCUT2D eigenvalue weighted by molar-refractivity contribution is 7.80. The van der Waals surface area contributed by atoms with E-state index in [1.807, 2.05) is 0 Å². The highest BCUT2D eigenvalue weighted by atomic mass is 32.1. The van der Waals surface area contributed by atoms with Crippen LogP contribution in [-0.4, -0.2) is 24.2 Å². The van der Waals surface area contributed by atoms with Gasteiger partial charge in [0.2, 0.25) is 0 Å². The summed E-state index contributed by atoms with van der Waals surface area (Å²) in [5.74, 6) is 2.45. The highest BCUT2D eigenvalue weighted by Crippen LogP contribution is 2.30. The van der Waals surface area contributed by atoms with E-state index in [9.17, 15) is 0 Å². The Kier molecular flexibility index (Phi) is 4.37. The number of ether oxygens (including phenoxy) is 3. The van der Waals surface area contributed by atoms with Gasteiger partial charge in [-0.1, -0.05) is 12.2 Å². The molecule has 0 saturated heterocycles. The summed E-state index contributed by atoms with van der Waals surface area (Å²) < 4.78 is 16.0. The molecule has 0 radical (unpaired) electrons. The molecule has 2 rings (SSSR count). The lowest BCUT2D eigenvalue weighted by atomic mass is 10.3. The van der Waals surface area contributed by atoms with Crippen LogP contribution in [0.1, 0.15) is 5.69 Å². The quantitative estimate of drug-likeness (QED) is 0.854. The van der Waals surface area contributed by atoms with Crippen LogP contribution < -0.4 is 19.9 Å². The van der Waals surface area contributed by atoms with Crippen molar-refractivity contribution in [3.05, 3.63) is 42.2 Å². The Morgan fingerprint density at radius 2 is 1.60 bits per heavy atom. The predicted octanol–water partition coefficient (Wildman–Crippen LogP) is 2.53. The zero-order chi connectivity index (χ0) is 14.5. The maximum atomic E-state index is 5.69. The molecule has 1 aromatic heterocycles. The predicted molar refractivity (Wildman–Crippen MR) is 79.7 cm³/mol. The molecule has 1 heterocycles. The maximum absolute atomic E-state index is 5.69. The molecule has 0 unspecified atom stereocenters. The van der Waals surface area contributed by atoms with Crippen molar-refractivity contribution in [2.75, 3.05) is 14.2 Å². The van der Waals surface area contributed by atoms with Gasteiger partial charge in [0.05, 0.1) is 26.1 Å². The number of thiocarbonyl (C=S) groups is 1. The molecule has 5 nitrogen and oxygen atoms in total. The first-order valence-corrected chi connectivity index (χ1v) is 6.20. The van der Waals surface area contributed by atoms with Gasteiger partial charge in [-0.15, -0.1) is 0 Å². The minimum Gasteiger partial charge on any atom is -0.496 e. The molecule has 20 heavy (non-hydrogen) atoms. The van der Waals surface area contributed by atoms with Gasteiger partial charge in [-0.3, -0.25) is 0 Å². The Balaban J connectivity index is 2.22. The van der Waals surface area contributed by atoms with Crippen molar-refractivity contribution in [3.8, 4) is 23.0 Å². The van der Waals surface area contributed by atoms with Crippen LogP contribution in [-0.2, 0) is 0 Å². The van der Waals surface area contributed by atoms with Gasteiger partial charge in [-0.2, -0.15) is 0 Å². The van der Waals surface area contributed by atoms with Crippen molar-refractivity contribution >= 4 is 17.2 Å². The summed E-state index contributed by atoms with van der Waals surface area (Å²) in [6.45, 7) is 0. The zero-order valence-electron chi connectivity index (χ0n) is 11.1. The molecule has 2 aromatic rings. The lowest BCUT2D eigenvalue weighted by molar-refractivity contribution is 0.386. The topological polar surface area (TPSA) is 66.6 Å². The van der Waals surface area contributed by atoms with E-state index in [0.717, 1.165) is 0 Å². The summed E-state index contributed by atoms with van der Waals surface area (Å²) in [5.41, 5.74) is 6.04. The molecular weight excluding hydrogens is 276 g/mol. The number of benzene rings is 1. The molecule has 104 valence electrons. The van der Waals surface area contributed by atoms with Gasteiger partial charge in [0, 0.05) is 18.2 Å². The fourth-order valence-electron chi connectivity index (χ4n) is 1.56. The third kappa shape index (κ3) is 3.36. The van der Waals surface area contributed by atoms with Crippen molar-refractivity contribution in [2.24, 2.45) is 5.73 Å². The molecule has 6 heteroatoms. The average molecular weight is 290 g/mol. The van der Waals surface area contributed by atoms with Crippen LogP contribution in [0.4, 0.5) is 0 Å². The van der Waals surface area contributed by atoms with Gasteiger partial charge < -0.3 is 19.9 Å². The first-order chi connectivity index (χ1) is 9.62. The monoisotopic (exact) mass is 290 g/mol. The summed E-state index contributed by atoms with van der Waals surface area (Å²) in [7, 11) is 3.16. The van der Waals surface area contributed by atoms with E-state index in [-0.39, 0.29) is 4.99 Å². The maximum Gasteiger partial charge on any atom is 0.145 e. The Bertz CT molecular complexity index is 592. The zero-order valence-corrected chi connectivity index (χ0v) is 11.9. The first-order valence-electron chi connectivity index (χ1n) is 5.79. The number of nitrogens with zero attached hydrogens (tertiary/aromatic N) is 1. The Morgan fingerprint density at radius 3 is 2.05 bits per heavy atom. The number of hydrogen-bond donors (Lipinski definition) is 1. The second-order valence-corrected chi connectivity index (χ2v) is 4.33. The normalized spacial score (nSPS) is 9.90. The molecule has 2 N–H and O–H groups in total. The van der Waals surface area contributed by atoms with Crippen LogP contribution >= 0.6 is 12.2 Å². The number of hydrogen-bond acceptors (Lipinski definition) is 5. The van der Waals surface area contributed by atoms with Crippen molar-refractivity contribution in [2.45, 2.75) is 0 Å². The second-order valence-electron chi connectivity index (χ2n) is 3.89. The third-order valence-electron chi connectivity index (χ3n) is 2.55. The summed E-state index contributed by atoms with van der Waals surface area (Å²) in [4.78, 5) is 4.36. The van der Waals surface area contributed by atoms with E-state index in [0.29, 0.717) is 28.7 Å². The van der Waals surface area contributed by atoms with Crippen molar-refractivity contribution < 1.29 is 14.2 Å². The summed E-state index contributed by atoms with van der Waals surface area (Å²) >= 11 is 4.84. The summed E-state index contributed by atoms with van der Waals surface area (Å²) in [6.07, 6.45) is 1.56. The van der Waals surface area contributed by atoms with Gasteiger partial charge in [-0.25, -0.2) is 4.98 Å². The minimum atomic E-state index is 0.250. The minimum absolute atomic E-state index is 0.250. The van der Waals surface area contributed by atoms with Gasteiger partial charge in [-0.05, 0) is 12.1 Å². The van der Waals surface area contributed by atoms with Crippen LogP contribution in [0.3, 0.4) is 0 Å². The summed E-state index contributed by atoms with van der Waals surface area (Å²) in [6, 6.07) is 8.72. The van der Waals surface area contributed by atoms with E-state index in [1.165, 1.54) is 0 Å². The molecule has 0 amide bonds. The smallest absolute Gasteiger partial charge is 0.145 e. The molecule has 1 aromatic carbocycles. The van der Waals surface area contributed by atoms with Crippen LogP contribution in [0.25, 0.3) is 0 Å². The molecule has 0 aliphatic rings. The SMILES string of the molecule is COc1cc(OC)cc(Oc2ccc(C(N)=S)nc2)c1. The van der Waals surface area contributed by atoms with Gasteiger partial charge in [0.15, 0.2) is 0 Å². The van der Waals surface area contributed by atoms with E-state index in [1.54, 1.807) is 50.7 Å². The number of methoxy groups -OCH3 is 2. The third-order valence-corrected chi connectivity index (χ3v) is 2.76. The lowest BCUT2D eigenvalue weighted by Crippen LogP contribution is -2.10. The van der Waals surface area contributed by atoms with Crippen LogP contribution in [0, 0.1) is 0 Å². The molecule has 0 aliphatic heterocycles. The van der Waals surface area contributed by atoms with Crippen LogP contribution in [0.5, 0.6) is 23.0 Å². The molecule has 0 fully saturated rings. The van der Waals surface area contributed by atoms with Gasteiger partial charge in [0.1, 0.15) is 28.0 Å². The van der Waals surface area contributed by atoms with Gasteiger partial charge >= 0.3 is 0 Å². The number of pyridine rings is 1. The number of aromatic nitrogens is 1. The number of nitrogens with two attached hydrogens (primary N) is 1. The van der Waals surface area contributed by atoms with Crippen molar-refractivity contribution in [1.82, 2.24) is 4.98 Å². The molecule has 0 bridgehead atoms. The largest absolute Gasteiger partial charge is 0.496 e. The van der Waals surface area contributed by atoms with E-state index < -0.39 is 0 Å². The lowest BCUT2D eigenvalue weighted by Gasteiger charge is -2.10. The van der Waals surface area contributed by atoms with Crippen LogP contribution in [0.2, 0.25) is 0 Å². The molecule has 0 atom stereocenters. The standard InChI is InChI=1S/C14H14N2O3S/c1-17-10-5-11(18-2)7-12(6-10)19-9-3-4-13(14(15)20)16-8-9/h3-8H,1-2H3,(H2,15,20). The van der Waals surface area contributed by atoms with Crippen molar-refractivity contribution in [1.29, 1.82) is 0 Å². The average Bonchev–Trinajstić information content (AvgIpc) is 2.47. The Labute approximate surface area is 122 Å². The summed E-state index contributed by atoms with van der Waals surface area (Å²) in [5, 5.41) is 0. The fraction of sp³-hybridized carbons (Fsp3) is 0.143. The van der Waals surface area contributed by atoms with E-state index in [2.05, 4.69) is 4.98 Å². The van der Waals surface area contributed by atoms with E-state index in [4.69, 9.17) is 32.2 Å². The van der Waals surface area contributed by atoms with Crippen LogP contribution in [0.15, 0.2) is 36.5 Å². The molecule has 0 spiro atoms. The highest BCUT2D eigenvalue weighted by Gasteiger charge is 2.05. The Hall–Kier alpha value is -2.34. The Morgan fingerprint density at radius 1 is 1.00 bits per heavy atom. The van der Waals surface area contributed by atoms with Gasteiger partial charge in [0.25, 0.3) is 0 Å². The number of rotatable bonds is 5. The second kappa shape index (κ2) is 6.21.